The molecule has 4 bridgehead atoms. The molecule has 0 aliphatic heterocycles. The molecule has 4 aliphatic rings. The van der Waals surface area contributed by atoms with E-state index in [-0.39, 0.29) is 5.41 Å². The summed E-state index contributed by atoms with van der Waals surface area (Å²) in [6.45, 7) is 2.14. The zero-order valence-corrected chi connectivity index (χ0v) is 13.5. The van der Waals surface area contributed by atoms with Gasteiger partial charge in [0.15, 0.2) is 0 Å². The van der Waals surface area contributed by atoms with Crippen LogP contribution in [0.5, 0.6) is 0 Å². The molecule has 2 N–H and O–H groups in total. The van der Waals surface area contributed by atoms with Gasteiger partial charge in [-0.15, -0.1) is 23.2 Å². The molecule has 6 heteroatoms. The maximum absolute atomic E-state index is 11.4. The topological polar surface area (TPSA) is 74.6 Å². The van der Waals surface area contributed by atoms with Crippen molar-refractivity contribution in [3.05, 3.63) is 0 Å². The summed E-state index contributed by atoms with van der Waals surface area (Å²) in [5.41, 5.74) is -1.06. The summed E-state index contributed by atoms with van der Waals surface area (Å²) in [6, 6.07) is 0. The Labute approximate surface area is 133 Å². The van der Waals surface area contributed by atoms with Gasteiger partial charge in [-0.05, 0) is 60.7 Å². The van der Waals surface area contributed by atoms with Crippen LogP contribution < -0.4 is 0 Å². The number of hydrogen-bond donors (Lipinski definition) is 2. The van der Waals surface area contributed by atoms with Crippen LogP contribution in [0.3, 0.4) is 0 Å². The van der Waals surface area contributed by atoms with Crippen molar-refractivity contribution in [1.29, 1.82) is 0 Å². The van der Waals surface area contributed by atoms with Crippen molar-refractivity contribution in [1.82, 2.24) is 0 Å². The number of alkyl halides is 2. The molecule has 4 saturated carbocycles. The van der Waals surface area contributed by atoms with Crippen LogP contribution in [-0.4, -0.2) is 32.9 Å². The Morgan fingerprint density at radius 2 is 1.38 bits per heavy atom. The molecule has 4 fully saturated rings. The maximum atomic E-state index is 11.4. The SMILES string of the molecule is CC12CC3CC(C(Cl)C(=O)O)(C1)CC(C(Cl)C(=O)O)(C3)C2. The Balaban J connectivity index is 2.03. The van der Waals surface area contributed by atoms with Gasteiger partial charge in [0.1, 0.15) is 10.8 Å². The summed E-state index contributed by atoms with van der Waals surface area (Å²) in [5, 5.41) is 16.8. The van der Waals surface area contributed by atoms with E-state index in [1.807, 2.05) is 0 Å². The van der Waals surface area contributed by atoms with Gasteiger partial charge in [-0.1, -0.05) is 6.92 Å². The lowest BCUT2D eigenvalue weighted by molar-refractivity contribution is -0.173. The third-order valence-corrected chi connectivity index (χ3v) is 7.24. The van der Waals surface area contributed by atoms with Crippen molar-refractivity contribution in [3.63, 3.8) is 0 Å². The van der Waals surface area contributed by atoms with Gasteiger partial charge in [0.05, 0.1) is 0 Å². The molecule has 0 saturated heterocycles. The standard InChI is InChI=1S/C15H20Cl2O4/c1-13-2-8-3-14(5-13,9(16)11(18)19)7-15(4-8,6-13)10(17)12(20)21/h8-10H,2-7H2,1H3,(H,18,19)(H,20,21). The van der Waals surface area contributed by atoms with Gasteiger partial charge in [-0.3, -0.25) is 9.59 Å². The molecule has 0 spiro atoms. The molecule has 0 aromatic heterocycles. The predicted molar refractivity (Wildman–Crippen MR) is 78.7 cm³/mol. The van der Waals surface area contributed by atoms with Crippen LogP contribution >= 0.6 is 23.2 Å². The molecule has 0 aromatic carbocycles. The average molecular weight is 335 g/mol. The number of carboxylic acids is 2. The van der Waals surface area contributed by atoms with E-state index in [0.717, 1.165) is 32.1 Å². The van der Waals surface area contributed by atoms with E-state index >= 15 is 0 Å². The van der Waals surface area contributed by atoms with E-state index in [0.29, 0.717) is 12.3 Å². The zero-order valence-electron chi connectivity index (χ0n) is 11.9. The fourth-order valence-electron chi connectivity index (χ4n) is 6.17. The lowest BCUT2D eigenvalue weighted by Crippen LogP contribution is -2.62. The smallest absolute Gasteiger partial charge is 0.322 e. The number of carboxylic acid groups (broad SMARTS) is 2. The summed E-state index contributed by atoms with van der Waals surface area (Å²) in [6.07, 6.45) is 4.65. The van der Waals surface area contributed by atoms with Crippen molar-refractivity contribution in [2.45, 2.75) is 56.2 Å². The van der Waals surface area contributed by atoms with Crippen molar-refractivity contribution >= 4 is 35.1 Å². The van der Waals surface area contributed by atoms with Gasteiger partial charge in [-0.2, -0.15) is 0 Å². The van der Waals surface area contributed by atoms with Crippen LogP contribution in [0.25, 0.3) is 0 Å². The molecule has 0 radical (unpaired) electrons. The molecule has 0 heterocycles. The summed E-state index contributed by atoms with van der Waals surface area (Å²) >= 11 is 12.5. The van der Waals surface area contributed by atoms with Gasteiger partial charge < -0.3 is 10.2 Å². The normalized spacial score (nSPS) is 47.1. The molecule has 0 aromatic rings. The van der Waals surface area contributed by atoms with Gasteiger partial charge in [0.25, 0.3) is 0 Å². The van der Waals surface area contributed by atoms with Crippen molar-refractivity contribution in [2.75, 3.05) is 0 Å². The molecular formula is C15H20Cl2O4. The second kappa shape index (κ2) is 4.51. The van der Waals surface area contributed by atoms with E-state index in [1.165, 1.54) is 0 Å². The number of carbonyl (C=O) groups is 2. The van der Waals surface area contributed by atoms with Crippen LogP contribution in [0.4, 0.5) is 0 Å². The first kappa shape index (κ1) is 15.4. The largest absolute Gasteiger partial charge is 0.480 e. The van der Waals surface area contributed by atoms with Gasteiger partial charge in [0, 0.05) is 0 Å². The molecule has 4 rings (SSSR count). The minimum atomic E-state index is -1.00. The van der Waals surface area contributed by atoms with Crippen molar-refractivity contribution < 1.29 is 19.8 Å². The highest BCUT2D eigenvalue weighted by atomic mass is 35.5. The zero-order chi connectivity index (χ0) is 15.6. The minimum absolute atomic E-state index is 0.0371. The summed E-state index contributed by atoms with van der Waals surface area (Å²) in [5.74, 6) is -1.66. The Hall–Kier alpha value is -0.480. The minimum Gasteiger partial charge on any atom is -0.480 e. The third kappa shape index (κ3) is 2.17. The molecule has 4 unspecified atom stereocenters. The van der Waals surface area contributed by atoms with E-state index in [1.54, 1.807) is 0 Å². The van der Waals surface area contributed by atoms with Gasteiger partial charge in [0.2, 0.25) is 0 Å². The first-order chi connectivity index (χ1) is 9.61. The number of halogens is 2. The quantitative estimate of drug-likeness (QED) is 0.773. The Kier molecular flexibility index (Phi) is 3.31. The van der Waals surface area contributed by atoms with Crippen LogP contribution in [0.15, 0.2) is 0 Å². The van der Waals surface area contributed by atoms with E-state index in [9.17, 15) is 19.8 Å². The van der Waals surface area contributed by atoms with Crippen molar-refractivity contribution in [3.8, 4) is 0 Å². The molecule has 118 valence electrons. The Morgan fingerprint density at radius 1 is 0.952 bits per heavy atom. The van der Waals surface area contributed by atoms with E-state index < -0.39 is 33.5 Å². The molecule has 4 aliphatic carbocycles. The number of hydrogen-bond acceptors (Lipinski definition) is 2. The van der Waals surface area contributed by atoms with E-state index in [4.69, 9.17) is 23.2 Å². The van der Waals surface area contributed by atoms with Gasteiger partial charge in [-0.25, -0.2) is 0 Å². The fraction of sp³-hybridized carbons (Fsp3) is 0.867. The summed E-state index contributed by atoms with van der Waals surface area (Å²) < 4.78 is 0. The molecular weight excluding hydrogens is 315 g/mol. The Morgan fingerprint density at radius 3 is 1.71 bits per heavy atom. The average Bonchev–Trinajstić information content (AvgIpc) is 2.33. The molecule has 4 atom stereocenters. The Bertz CT molecular complexity index is 470. The van der Waals surface area contributed by atoms with Crippen LogP contribution in [0, 0.1) is 22.2 Å². The van der Waals surface area contributed by atoms with Crippen LogP contribution in [0.2, 0.25) is 0 Å². The third-order valence-electron chi connectivity index (χ3n) is 5.94. The lowest BCUT2D eigenvalue weighted by atomic mass is 9.38. The fourth-order valence-corrected chi connectivity index (χ4v) is 6.66. The predicted octanol–water partition coefficient (Wildman–Crippen LogP) is 3.35. The summed E-state index contributed by atoms with van der Waals surface area (Å²) in [7, 11) is 0. The lowest BCUT2D eigenvalue weighted by Gasteiger charge is -2.67. The number of aliphatic carboxylic acids is 2. The van der Waals surface area contributed by atoms with E-state index in [2.05, 4.69) is 6.92 Å². The van der Waals surface area contributed by atoms with Crippen LogP contribution in [0.1, 0.15) is 45.4 Å². The first-order valence-corrected chi connectivity index (χ1v) is 8.23. The second-order valence-electron chi connectivity index (χ2n) is 7.95. The monoisotopic (exact) mass is 334 g/mol. The molecule has 21 heavy (non-hydrogen) atoms. The second-order valence-corrected chi connectivity index (χ2v) is 8.82. The van der Waals surface area contributed by atoms with Gasteiger partial charge >= 0.3 is 11.9 Å². The number of rotatable bonds is 4. The van der Waals surface area contributed by atoms with Crippen LogP contribution in [-0.2, 0) is 9.59 Å². The highest BCUT2D eigenvalue weighted by Crippen LogP contribution is 2.72. The maximum Gasteiger partial charge on any atom is 0.322 e. The first-order valence-electron chi connectivity index (χ1n) is 7.35. The van der Waals surface area contributed by atoms with Crippen molar-refractivity contribution in [2.24, 2.45) is 22.2 Å². The molecule has 4 nitrogen and oxygen atoms in total. The summed E-state index contributed by atoms with van der Waals surface area (Å²) in [4.78, 5) is 22.9. The highest BCUT2D eigenvalue weighted by Gasteiger charge is 2.67. The highest BCUT2D eigenvalue weighted by molar-refractivity contribution is 6.31. The molecule has 0 amide bonds.